The molecule has 2 N–H and O–H groups in total. The highest BCUT2D eigenvalue weighted by molar-refractivity contribution is 7.43. The molecule has 1 unspecified atom stereocenters. The largest absolute Gasteiger partial charge is 0.790 e. The van der Waals surface area contributed by atoms with E-state index < -0.39 is 25.1 Å². The summed E-state index contributed by atoms with van der Waals surface area (Å²) in [5.74, 6) is 6.00. The monoisotopic (exact) mass is 489 g/mol. The van der Waals surface area contributed by atoms with Crippen molar-refractivity contribution in [1.82, 2.24) is 0 Å². The van der Waals surface area contributed by atoms with Crippen molar-refractivity contribution in [2.75, 3.05) is 13.2 Å². The standard InChI is InChI=1S/C21H25F3NO5PS/c1-20(25,15-30-31(26,27)28)12-11-19-10-9-18(32-19)4-2-3-13-29-14-16-5-7-17(8-6-16)21(22,23)24/h5-10H,3,11-15,25H2,1H3,(H2,26,27,28)/p-2. The van der Waals surface area contributed by atoms with Crippen LogP contribution in [0.4, 0.5) is 13.2 Å². The zero-order chi connectivity index (χ0) is 23.8. The molecule has 2 rings (SSSR count). The highest BCUT2D eigenvalue weighted by Crippen LogP contribution is 2.29. The Morgan fingerprint density at radius 3 is 2.47 bits per heavy atom. The lowest BCUT2D eigenvalue weighted by molar-refractivity contribution is -0.342. The van der Waals surface area contributed by atoms with Gasteiger partial charge in [0.25, 0.3) is 0 Å². The first-order valence-electron chi connectivity index (χ1n) is 9.61. The Labute approximate surface area is 188 Å². The number of phosphoric ester groups is 1. The highest BCUT2D eigenvalue weighted by atomic mass is 32.1. The number of hydrogen-bond donors (Lipinski definition) is 1. The number of phosphoric acid groups is 1. The Balaban J connectivity index is 1.70. The number of halogens is 3. The van der Waals surface area contributed by atoms with Crippen molar-refractivity contribution in [3.8, 4) is 11.8 Å². The van der Waals surface area contributed by atoms with E-state index in [-0.39, 0.29) is 13.2 Å². The van der Waals surface area contributed by atoms with Crippen LogP contribution in [-0.2, 0) is 33.0 Å². The first kappa shape index (κ1) is 26.6. The molecular weight excluding hydrogens is 466 g/mol. The van der Waals surface area contributed by atoms with Gasteiger partial charge in [0.15, 0.2) is 0 Å². The van der Waals surface area contributed by atoms with E-state index in [1.807, 2.05) is 12.1 Å². The molecule has 1 heterocycles. The summed E-state index contributed by atoms with van der Waals surface area (Å²) < 4.78 is 57.9. The first-order chi connectivity index (χ1) is 14.8. The van der Waals surface area contributed by atoms with Crippen LogP contribution in [0.1, 0.15) is 40.6 Å². The van der Waals surface area contributed by atoms with Gasteiger partial charge < -0.3 is 29.3 Å². The van der Waals surface area contributed by atoms with E-state index in [2.05, 4.69) is 16.4 Å². The van der Waals surface area contributed by atoms with Crippen LogP contribution in [0.3, 0.4) is 0 Å². The van der Waals surface area contributed by atoms with Crippen molar-refractivity contribution in [1.29, 1.82) is 0 Å². The minimum absolute atomic E-state index is 0.207. The molecule has 0 amide bonds. The zero-order valence-electron chi connectivity index (χ0n) is 17.3. The Hall–Kier alpha value is -1.70. The summed E-state index contributed by atoms with van der Waals surface area (Å²) in [5.41, 5.74) is 4.97. The van der Waals surface area contributed by atoms with E-state index in [4.69, 9.17) is 10.5 Å². The molecule has 0 saturated heterocycles. The highest BCUT2D eigenvalue weighted by Gasteiger charge is 2.29. The van der Waals surface area contributed by atoms with Crippen molar-refractivity contribution < 1.29 is 36.8 Å². The molecule has 0 aliphatic heterocycles. The van der Waals surface area contributed by atoms with E-state index in [0.717, 1.165) is 21.9 Å². The van der Waals surface area contributed by atoms with Crippen molar-refractivity contribution in [3.05, 3.63) is 57.3 Å². The van der Waals surface area contributed by atoms with E-state index in [9.17, 15) is 27.5 Å². The minimum atomic E-state index is -5.05. The maximum Gasteiger partial charge on any atom is 0.416 e. The second-order valence-corrected chi connectivity index (χ2v) is 9.76. The Bertz CT molecular complexity index is 974. The number of nitrogens with two attached hydrogens (primary N) is 1. The SMILES string of the molecule is CC(N)(CCc1ccc(C#CCCOCc2ccc(C(F)(F)F)cc2)s1)COP(=O)([O-])[O-]. The number of hydrogen-bond acceptors (Lipinski definition) is 7. The summed E-state index contributed by atoms with van der Waals surface area (Å²) in [6.45, 7) is 1.79. The fourth-order valence-corrected chi connectivity index (χ4v) is 3.87. The van der Waals surface area contributed by atoms with E-state index >= 15 is 0 Å². The van der Waals surface area contributed by atoms with Crippen LogP contribution >= 0.6 is 19.2 Å². The summed E-state index contributed by atoms with van der Waals surface area (Å²) in [5, 5.41) is 0. The Morgan fingerprint density at radius 1 is 1.16 bits per heavy atom. The smallest absolute Gasteiger partial charge is 0.416 e. The third-order valence-electron chi connectivity index (χ3n) is 4.29. The van der Waals surface area contributed by atoms with Gasteiger partial charge in [-0.3, -0.25) is 0 Å². The van der Waals surface area contributed by atoms with Crippen molar-refractivity contribution in [2.24, 2.45) is 5.73 Å². The van der Waals surface area contributed by atoms with Gasteiger partial charge in [0.2, 0.25) is 0 Å². The van der Waals surface area contributed by atoms with Crippen molar-refractivity contribution in [3.63, 3.8) is 0 Å². The summed E-state index contributed by atoms with van der Waals surface area (Å²) in [6, 6.07) is 8.60. The Morgan fingerprint density at radius 2 is 1.84 bits per heavy atom. The molecule has 11 heteroatoms. The number of thiophene rings is 1. The molecule has 0 aliphatic rings. The first-order valence-corrected chi connectivity index (χ1v) is 11.9. The fraction of sp³-hybridized carbons (Fsp3) is 0.429. The van der Waals surface area contributed by atoms with E-state index in [1.54, 1.807) is 6.92 Å². The number of ether oxygens (including phenoxy) is 1. The minimum Gasteiger partial charge on any atom is -0.790 e. The van der Waals surface area contributed by atoms with Crippen LogP contribution < -0.4 is 15.5 Å². The van der Waals surface area contributed by atoms with Gasteiger partial charge in [0.1, 0.15) is 0 Å². The second-order valence-electron chi connectivity index (χ2n) is 7.44. The number of alkyl halides is 3. The summed E-state index contributed by atoms with van der Waals surface area (Å²) in [6.07, 6.45) is -2.87. The molecule has 176 valence electrons. The normalized spacial score (nSPS) is 14.0. The molecule has 1 atom stereocenters. The molecule has 32 heavy (non-hydrogen) atoms. The maximum absolute atomic E-state index is 12.5. The molecule has 1 aromatic carbocycles. The third-order valence-corrected chi connectivity index (χ3v) is 5.80. The molecule has 0 aliphatic carbocycles. The van der Waals surface area contributed by atoms with Crippen LogP contribution in [0, 0.1) is 11.8 Å². The molecule has 6 nitrogen and oxygen atoms in total. The number of rotatable bonds is 10. The summed E-state index contributed by atoms with van der Waals surface area (Å²) in [4.78, 5) is 23.0. The van der Waals surface area contributed by atoms with Crippen LogP contribution in [0.25, 0.3) is 0 Å². The summed E-state index contributed by atoms with van der Waals surface area (Å²) in [7, 11) is -5.05. The van der Waals surface area contributed by atoms with Crippen LogP contribution in [0.5, 0.6) is 0 Å². The lowest BCUT2D eigenvalue weighted by atomic mass is 9.98. The molecule has 0 saturated carbocycles. The summed E-state index contributed by atoms with van der Waals surface area (Å²) >= 11 is 1.48. The third kappa shape index (κ3) is 10.3. The molecule has 1 aromatic heterocycles. The zero-order valence-corrected chi connectivity index (χ0v) is 19.0. The van der Waals surface area contributed by atoms with Gasteiger partial charge in [-0.2, -0.15) is 13.2 Å². The predicted molar refractivity (Wildman–Crippen MR) is 111 cm³/mol. The molecule has 0 spiro atoms. The molecular formula is C21H23F3NO5PS-2. The van der Waals surface area contributed by atoms with E-state index in [1.165, 1.54) is 23.5 Å². The average Bonchev–Trinajstić information content (AvgIpc) is 3.15. The van der Waals surface area contributed by atoms with Crippen LogP contribution in [0.2, 0.25) is 0 Å². The molecule has 0 bridgehead atoms. The molecule has 0 fully saturated rings. The quantitative estimate of drug-likeness (QED) is 0.312. The maximum atomic E-state index is 12.5. The fourth-order valence-electron chi connectivity index (χ4n) is 2.54. The topological polar surface area (TPSA) is 108 Å². The number of aryl methyl sites for hydroxylation is 1. The number of benzene rings is 1. The van der Waals surface area contributed by atoms with Gasteiger partial charge in [-0.05, 0) is 49.6 Å². The van der Waals surface area contributed by atoms with Gasteiger partial charge in [-0.15, -0.1) is 11.3 Å². The predicted octanol–water partition coefficient (Wildman–Crippen LogP) is 3.22. The average molecular weight is 489 g/mol. The van der Waals surface area contributed by atoms with Crippen LogP contribution in [0.15, 0.2) is 36.4 Å². The molecule has 2 aromatic rings. The van der Waals surface area contributed by atoms with Gasteiger partial charge in [0, 0.05) is 16.8 Å². The van der Waals surface area contributed by atoms with Crippen LogP contribution in [-0.4, -0.2) is 18.8 Å². The van der Waals surface area contributed by atoms with Gasteiger partial charge in [-0.1, -0.05) is 24.0 Å². The van der Waals surface area contributed by atoms with Gasteiger partial charge in [-0.25, -0.2) is 0 Å². The lowest BCUT2D eigenvalue weighted by Crippen LogP contribution is -2.42. The molecule has 0 radical (unpaired) electrons. The van der Waals surface area contributed by atoms with Gasteiger partial charge >= 0.3 is 6.18 Å². The van der Waals surface area contributed by atoms with Crippen molar-refractivity contribution in [2.45, 2.75) is 44.5 Å². The van der Waals surface area contributed by atoms with Gasteiger partial charge in [0.05, 0.1) is 38.1 Å². The Kier molecular flexibility index (Phi) is 9.49. The van der Waals surface area contributed by atoms with Crippen molar-refractivity contribution >= 4 is 19.2 Å². The van der Waals surface area contributed by atoms with E-state index in [0.29, 0.717) is 31.4 Å². The second kappa shape index (κ2) is 11.4. The lowest BCUT2D eigenvalue weighted by Gasteiger charge is -2.33.